The predicted octanol–water partition coefficient (Wildman–Crippen LogP) is 3.08. The maximum absolute atomic E-state index is 12.4. The highest BCUT2D eigenvalue weighted by atomic mass is 35.5. The minimum absolute atomic E-state index is 0.0121. The van der Waals surface area contributed by atoms with E-state index in [1.54, 1.807) is 11.0 Å². The molecule has 1 aliphatic rings. The first-order chi connectivity index (χ1) is 9.61. The van der Waals surface area contributed by atoms with Gasteiger partial charge in [0.25, 0.3) is 5.91 Å². The monoisotopic (exact) mass is 297 g/mol. The van der Waals surface area contributed by atoms with Crippen molar-refractivity contribution in [2.45, 2.75) is 32.3 Å². The van der Waals surface area contributed by atoms with Crippen LogP contribution in [0.5, 0.6) is 5.75 Å². The summed E-state index contributed by atoms with van der Waals surface area (Å²) < 4.78 is 5.68. The van der Waals surface area contributed by atoms with E-state index in [0.717, 1.165) is 25.9 Å². The molecule has 0 bridgehead atoms. The molecule has 1 atom stereocenters. The number of likely N-dealkylation sites (N-methyl/N-ethyl adjacent to an activating group) is 1. The van der Waals surface area contributed by atoms with Crippen LogP contribution in [0, 0.1) is 0 Å². The number of hydrogen-bond acceptors (Lipinski definition) is 3. The van der Waals surface area contributed by atoms with E-state index in [9.17, 15) is 9.90 Å². The van der Waals surface area contributed by atoms with Crippen molar-refractivity contribution in [2.75, 3.05) is 19.7 Å². The summed E-state index contributed by atoms with van der Waals surface area (Å²) in [6.07, 6.45) is 3.38. The zero-order valence-electron chi connectivity index (χ0n) is 11.6. The number of halogens is 1. The molecule has 0 aromatic heterocycles. The van der Waals surface area contributed by atoms with Gasteiger partial charge in [0.1, 0.15) is 5.75 Å². The summed E-state index contributed by atoms with van der Waals surface area (Å²) in [5.74, 6) is -0.0922. The van der Waals surface area contributed by atoms with Crippen LogP contribution in [-0.2, 0) is 4.74 Å². The summed E-state index contributed by atoms with van der Waals surface area (Å²) in [6.45, 7) is 3.95. The van der Waals surface area contributed by atoms with Gasteiger partial charge in [0.2, 0.25) is 0 Å². The summed E-state index contributed by atoms with van der Waals surface area (Å²) in [5.41, 5.74) is 0.491. The van der Waals surface area contributed by atoms with Gasteiger partial charge >= 0.3 is 0 Å². The highest BCUT2D eigenvalue weighted by molar-refractivity contribution is 6.32. The molecule has 0 radical (unpaired) electrons. The third-order valence-electron chi connectivity index (χ3n) is 3.56. The van der Waals surface area contributed by atoms with Crippen LogP contribution in [-0.4, -0.2) is 41.7 Å². The Kier molecular flexibility index (Phi) is 5.26. The number of nitrogens with zero attached hydrogens (tertiary/aromatic N) is 1. The summed E-state index contributed by atoms with van der Waals surface area (Å²) in [7, 11) is 0. The Balaban J connectivity index is 2.05. The number of carbonyl (C=O) groups is 1. The average molecular weight is 298 g/mol. The molecule has 1 N–H and O–H groups in total. The molecule has 1 heterocycles. The molecule has 0 spiro atoms. The van der Waals surface area contributed by atoms with E-state index in [-0.39, 0.29) is 22.8 Å². The summed E-state index contributed by atoms with van der Waals surface area (Å²) >= 11 is 5.85. The second-order valence-electron chi connectivity index (χ2n) is 5.00. The van der Waals surface area contributed by atoms with E-state index in [4.69, 9.17) is 16.3 Å². The van der Waals surface area contributed by atoms with Crippen molar-refractivity contribution in [3.63, 3.8) is 0 Å². The van der Waals surface area contributed by atoms with Crippen molar-refractivity contribution in [1.29, 1.82) is 0 Å². The lowest BCUT2D eigenvalue weighted by Crippen LogP contribution is -2.39. The molecule has 110 valence electrons. The number of hydrogen-bond donors (Lipinski definition) is 1. The Hall–Kier alpha value is -1.26. The smallest absolute Gasteiger partial charge is 0.253 e. The topological polar surface area (TPSA) is 49.8 Å². The molecule has 1 amide bonds. The lowest BCUT2D eigenvalue weighted by atomic mass is 10.1. The van der Waals surface area contributed by atoms with Gasteiger partial charge in [-0.05, 0) is 44.4 Å². The lowest BCUT2D eigenvalue weighted by molar-refractivity contribution is -0.00311. The normalized spacial score (nSPS) is 18.8. The number of aromatic hydroxyl groups is 1. The predicted molar refractivity (Wildman–Crippen MR) is 78.3 cm³/mol. The van der Waals surface area contributed by atoms with Crippen molar-refractivity contribution in [2.24, 2.45) is 0 Å². The quantitative estimate of drug-likeness (QED) is 0.929. The minimum atomic E-state index is -0.0800. The molecular weight excluding hydrogens is 278 g/mol. The molecule has 5 heteroatoms. The van der Waals surface area contributed by atoms with Crippen LogP contribution in [0.1, 0.15) is 36.5 Å². The van der Waals surface area contributed by atoms with E-state index in [1.807, 2.05) is 6.92 Å². The Morgan fingerprint density at radius 1 is 1.50 bits per heavy atom. The zero-order chi connectivity index (χ0) is 14.5. The number of phenols is 1. The Morgan fingerprint density at radius 2 is 2.30 bits per heavy atom. The average Bonchev–Trinajstić information content (AvgIpc) is 2.48. The van der Waals surface area contributed by atoms with E-state index in [2.05, 4.69) is 0 Å². The summed E-state index contributed by atoms with van der Waals surface area (Å²) in [6, 6.07) is 4.54. The van der Waals surface area contributed by atoms with Gasteiger partial charge in [-0.2, -0.15) is 0 Å². The Morgan fingerprint density at radius 3 is 2.90 bits per heavy atom. The fraction of sp³-hybridized carbons (Fsp3) is 0.533. The van der Waals surface area contributed by atoms with Gasteiger partial charge in [-0.3, -0.25) is 4.79 Å². The number of ether oxygens (including phenoxy) is 1. The van der Waals surface area contributed by atoms with E-state index in [0.29, 0.717) is 18.7 Å². The number of benzene rings is 1. The maximum Gasteiger partial charge on any atom is 0.253 e. The highest BCUT2D eigenvalue weighted by Gasteiger charge is 2.21. The van der Waals surface area contributed by atoms with Gasteiger partial charge in [-0.1, -0.05) is 11.6 Å². The Labute approximate surface area is 124 Å². The molecular formula is C15H20ClNO3. The van der Waals surface area contributed by atoms with Crippen molar-refractivity contribution >= 4 is 17.5 Å². The SMILES string of the molecule is CCN(C[C@@H]1CCCCO1)C(=O)c1ccc(O)c(Cl)c1. The van der Waals surface area contributed by atoms with Gasteiger partial charge in [0, 0.05) is 25.3 Å². The first-order valence-electron chi connectivity index (χ1n) is 7.01. The number of carbonyl (C=O) groups excluding carboxylic acids is 1. The van der Waals surface area contributed by atoms with Crippen LogP contribution in [0.2, 0.25) is 5.02 Å². The molecule has 1 aromatic carbocycles. The van der Waals surface area contributed by atoms with Gasteiger partial charge in [0.15, 0.2) is 0 Å². The molecule has 20 heavy (non-hydrogen) atoms. The molecule has 1 aromatic rings. The van der Waals surface area contributed by atoms with Crippen LogP contribution >= 0.6 is 11.6 Å². The lowest BCUT2D eigenvalue weighted by Gasteiger charge is -2.29. The van der Waals surface area contributed by atoms with Gasteiger partial charge in [0.05, 0.1) is 11.1 Å². The van der Waals surface area contributed by atoms with Crippen LogP contribution in [0.3, 0.4) is 0 Å². The molecule has 1 fully saturated rings. The largest absolute Gasteiger partial charge is 0.506 e. The van der Waals surface area contributed by atoms with E-state index >= 15 is 0 Å². The molecule has 0 unspecified atom stereocenters. The third kappa shape index (κ3) is 3.64. The van der Waals surface area contributed by atoms with Crippen LogP contribution in [0.4, 0.5) is 0 Å². The van der Waals surface area contributed by atoms with Crippen LogP contribution < -0.4 is 0 Å². The van der Waals surface area contributed by atoms with Crippen molar-refractivity contribution in [3.05, 3.63) is 28.8 Å². The van der Waals surface area contributed by atoms with Gasteiger partial charge in [-0.15, -0.1) is 0 Å². The second kappa shape index (κ2) is 6.95. The fourth-order valence-electron chi connectivity index (χ4n) is 2.38. The minimum Gasteiger partial charge on any atom is -0.506 e. The van der Waals surface area contributed by atoms with E-state index in [1.165, 1.54) is 12.1 Å². The number of phenolic OH excluding ortho intramolecular Hbond substituents is 1. The standard InChI is InChI=1S/C15H20ClNO3/c1-2-17(10-12-5-3-4-8-20-12)15(19)11-6-7-14(18)13(16)9-11/h6-7,9,12,18H,2-5,8,10H2,1H3/t12-/m0/s1. The Bertz CT molecular complexity index is 472. The van der Waals surface area contributed by atoms with Crippen molar-refractivity contribution in [3.8, 4) is 5.75 Å². The first kappa shape index (κ1) is 15.1. The molecule has 1 saturated heterocycles. The van der Waals surface area contributed by atoms with Gasteiger partial charge < -0.3 is 14.7 Å². The first-order valence-corrected chi connectivity index (χ1v) is 7.39. The second-order valence-corrected chi connectivity index (χ2v) is 5.41. The highest BCUT2D eigenvalue weighted by Crippen LogP contribution is 2.24. The fourth-order valence-corrected chi connectivity index (χ4v) is 2.56. The molecule has 2 rings (SSSR count). The van der Waals surface area contributed by atoms with Crippen molar-refractivity contribution in [1.82, 2.24) is 4.90 Å². The number of rotatable bonds is 4. The summed E-state index contributed by atoms with van der Waals surface area (Å²) in [5, 5.41) is 9.60. The van der Waals surface area contributed by atoms with Crippen LogP contribution in [0.15, 0.2) is 18.2 Å². The van der Waals surface area contributed by atoms with Gasteiger partial charge in [-0.25, -0.2) is 0 Å². The molecule has 4 nitrogen and oxygen atoms in total. The molecule has 1 aliphatic heterocycles. The summed E-state index contributed by atoms with van der Waals surface area (Å²) in [4.78, 5) is 14.2. The molecule has 0 saturated carbocycles. The van der Waals surface area contributed by atoms with Crippen molar-refractivity contribution < 1.29 is 14.6 Å². The maximum atomic E-state index is 12.4. The van der Waals surface area contributed by atoms with Crippen LogP contribution in [0.25, 0.3) is 0 Å². The number of amides is 1. The third-order valence-corrected chi connectivity index (χ3v) is 3.86. The molecule has 0 aliphatic carbocycles. The zero-order valence-corrected chi connectivity index (χ0v) is 12.4. The van der Waals surface area contributed by atoms with E-state index < -0.39 is 0 Å².